The monoisotopic (exact) mass is 178 g/mol. The number of hydrogen-bond acceptors (Lipinski definition) is 3. The Bertz CT molecular complexity index is 230. The first-order chi connectivity index (χ1) is 5.54. The van der Waals surface area contributed by atoms with E-state index < -0.39 is 18.4 Å². The van der Waals surface area contributed by atoms with Crippen LogP contribution in [0.5, 0.6) is 0 Å². The minimum absolute atomic E-state index is 0.312. The number of alkyl halides is 2. The number of carboxylic acids is 1. The average molecular weight is 178 g/mol. The van der Waals surface area contributed by atoms with Gasteiger partial charge in [-0.05, 0) is 0 Å². The van der Waals surface area contributed by atoms with Crippen molar-refractivity contribution in [1.82, 2.24) is 10.4 Å². The van der Waals surface area contributed by atoms with Gasteiger partial charge in [0.2, 0.25) is 0 Å². The van der Waals surface area contributed by atoms with Crippen LogP contribution in [0.4, 0.5) is 8.78 Å². The number of likely N-dealkylation sites (N-methyl/N-ethyl adjacent to an activating group) is 1. The number of halogens is 2. The zero-order valence-corrected chi connectivity index (χ0v) is 6.29. The first-order valence-electron chi connectivity index (χ1n) is 3.24. The maximum Gasteiger partial charge on any atom is 0.335 e. The maximum absolute atomic E-state index is 12.2. The molecule has 1 atom stereocenters. The number of hydrazine groups is 1. The number of hydrogen-bond donors (Lipinski definition) is 2. The van der Waals surface area contributed by atoms with E-state index in [-0.39, 0.29) is 5.57 Å². The molecule has 4 nitrogen and oxygen atoms in total. The van der Waals surface area contributed by atoms with Crippen LogP contribution in [-0.4, -0.2) is 35.6 Å². The van der Waals surface area contributed by atoms with E-state index in [1.54, 1.807) is 0 Å². The van der Waals surface area contributed by atoms with Crippen LogP contribution in [0, 0.1) is 0 Å². The van der Waals surface area contributed by atoms with E-state index >= 15 is 0 Å². The van der Waals surface area contributed by atoms with Crippen molar-refractivity contribution in [3.63, 3.8) is 0 Å². The van der Waals surface area contributed by atoms with E-state index in [1.165, 1.54) is 7.05 Å². The Morgan fingerprint density at radius 2 is 2.42 bits per heavy atom. The molecule has 1 aliphatic rings. The minimum Gasteiger partial charge on any atom is -0.478 e. The predicted molar refractivity (Wildman–Crippen MR) is 36.4 cm³/mol. The Kier molecular flexibility index (Phi) is 2.27. The van der Waals surface area contributed by atoms with Gasteiger partial charge in [-0.3, -0.25) is 0 Å². The number of rotatable bonds is 2. The molecule has 6 heteroatoms. The lowest BCUT2D eigenvalue weighted by molar-refractivity contribution is -0.133. The maximum atomic E-state index is 12.2. The molecule has 0 bridgehead atoms. The first kappa shape index (κ1) is 8.92. The van der Waals surface area contributed by atoms with Crippen LogP contribution in [0.1, 0.15) is 0 Å². The lowest BCUT2D eigenvalue weighted by Gasteiger charge is -2.19. The van der Waals surface area contributed by atoms with Crippen molar-refractivity contribution < 1.29 is 18.7 Å². The second-order valence-corrected chi connectivity index (χ2v) is 2.42. The summed E-state index contributed by atoms with van der Waals surface area (Å²) in [5.74, 6) is -1.32. The topological polar surface area (TPSA) is 52.6 Å². The van der Waals surface area contributed by atoms with E-state index in [4.69, 9.17) is 5.11 Å². The first-order valence-corrected chi connectivity index (χ1v) is 3.24. The molecule has 68 valence electrons. The van der Waals surface area contributed by atoms with E-state index in [0.717, 1.165) is 11.2 Å². The molecule has 0 radical (unpaired) electrons. The van der Waals surface area contributed by atoms with Gasteiger partial charge in [0.05, 0.1) is 5.57 Å². The van der Waals surface area contributed by atoms with E-state index in [1.807, 2.05) is 0 Å². The Hall–Kier alpha value is -1.17. The second-order valence-electron chi connectivity index (χ2n) is 2.42. The molecule has 0 fully saturated rings. The van der Waals surface area contributed by atoms with Crippen molar-refractivity contribution in [2.24, 2.45) is 0 Å². The van der Waals surface area contributed by atoms with Gasteiger partial charge >= 0.3 is 5.97 Å². The van der Waals surface area contributed by atoms with Crippen LogP contribution < -0.4 is 5.43 Å². The Morgan fingerprint density at radius 3 is 2.75 bits per heavy atom. The number of carboxylic acid groups (broad SMARTS) is 1. The van der Waals surface area contributed by atoms with Crippen molar-refractivity contribution in [1.29, 1.82) is 0 Å². The molecule has 0 saturated heterocycles. The molecule has 0 aromatic rings. The van der Waals surface area contributed by atoms with Crippen molar-refractivity contribution in [2.75, 3.05) is 7.05 Å². The number of aliphatic carboxylic acids is 1. The van der Waals surface area contributed by atoms with E-state index in [0.29, 0.717) is 0 Å². The standard InChI is InChI=1S/C6H8F2N2O2/c1-10-4(5(7)8)3(2-9-10)6(11)12/h2,4-5,9H,1H3,(H,11,12). The molecule has 1 heterocycles. The lowest BCUT2D eigenvalue weighted by Crippen LogP contribution is -2.40. The summed E-state index contributed by atoms with van der Waals surface area (Å²) in [5, 5.41) is 9.55. The quantitative estimate of drug-likeness (QED) is 0.626. The molecule has 0 aromatic carbocycles. The summed E-state index contributed by atoms with van der Waals surface area (Å²) in [5.41, 5.74) is 2.08. The Balaban J connectivity index is 2.81. The highest BCUT2D eigenvalue weighted by Gasteiger charge is 2.36. The zero-order chi connectivity index (χ0) is 9.30. The lowest BCUT2D eigenvalue weighted by atomic mass is 10.1. The summed E-state index contributed by atoms with van der Waals surface area (Å²) < 4.78 is 24.4. The molecule has 0 aliphatic carbocycles. The number of carbonyl (C=O) groups is 1. The molecule has 12 heavy (non-hydrogen) atoms. The van der Waals surface area contributed by atoms with Gasteiger partial charge in [0, 0.05) is 13.2 Å². The zero-order valence-electron chi connectivity index (χ0n) is 6.29. The third kappa shape index (κ3) is 1.38. The molecule has 1 rings (SSSR count). The van der Waals surface area contributed by atoms with Gasteiger partial charge in [0.1, 0.15) is 6.04 Å². The third-order valence-electron chi connectivity index (χ3n) is 1.65. The summed E-state index contributed by atoms with van der Waals surface area (Å²) in [6, 6.07) is -1.36. The average Bonchev–Trinajstić information content (AvgIpc) is 2.30. The third-order valence-corrected chi connectivity index (χ3v) is 1.65. The molecule has 2 N–H and O–H groups in total. The molecule has 0 aromatic heterocycles. The van der Waals surface area contributed by atoms with Crippen LogP contribution in [0.15, 0.2) is 11.8 Å². The van der Waals surface area contributed by atoms with Crippen LogP contribution in [0.25, 0.3) is 0 Å². The highest BCUT2D eigenvalue weighted by Crippen LogP contribution is 2.19. The van der Waals surface area contributed by atoms with Crippen molar-refractivity contribution in [3.05, 3.63) is 11.8 Å². The van der Waals surface area contributed by atoms with Gasteiger partial charge in [-0.2, -0.15) is 0 Å². The van der Waals surface area contributed by atoms with Gasteiger partial charge in [0.25, 0.3) is 6.43 Å². The Labute approximate surface area is 67.4 Å². The molecule has 0 saturated carbocycles. The molecule has 1 aliphatic heterocycles. The largest absolute Gasteiger partial charge is 0.478 e. The van der Waals surface area contributed by atoms with Gasteiger partial charge in [-0.1, -0.05) is 0 Å². The van der Waals surface area contributed by atoms with Gasteiger partial charge in [-0.25, -0.2) is 18.6 Å². The normalized spacial score (nSPS) is 24.0. The fraction of sp³-hybridized carbons (Fsp3) is 0.500. The summed E-state index contributed by atoms with van der Waals surface area (Å²) in [6.45, 7) is 0. The number of nitrogens with one attached hydrogen (secondary N) is 1. The van der Waals surface area contributed by atoms with Crippen molar-refractivity contribution in [3.8, 4) is 0 Å². The second kappa shape index (κ2) is 3.06. The summed E-state index contributed by atoms with van der Waals surface area (Å²) in [6.07, 6.45) is -1.63. The predicted octanol–water partition coefficient (Wildman–Crippen LogP) is 0.0386. The van der Waals surface area contributed by atoms with Crippen LogP contribution in [0.3, 0.4) is 0 Å². The molecule has 1 unspecified atom stereocenters. The van der Waals surface area contributed by atoms with Crippen molar-refractivity contribution >= 4 is 5.97 Å². The van der Waals surface area contributed by atoms with Gasteiger partial charge in [-0.15, -0.1) is 0 Å². The summed E-state index contributed by atoms with van der Waals surface area (Å²) in [4.78, 5) is 10.4. The highest BCUT2D eigenvalue weighted by molar-refractivity contribution is 5.88. The van der Waals surface area contributed by atoms with Crippen LogP contribution >= 0.6 is 0 Å². The fourth-order valence-corrected chi connectivity index (χ4v) is 1.04. The number of nitrogens with zero attached hydrogens (tertiary/aromatic N) is 1. The van der Waals surface area contributed by atoms with Gasteiger partial charge < -0.3 is 10.5 Å². The van der Waals surface area contributed by atoms with Crippen LogP contribution in [0.2, 0.25) is 0 Å². The Morgan fingerprint density at radius 1 is 1.83 bits per heavy atom. The molecular weight excluding hydrogens is 170 g/mol. The summed E-state index contributed by atoms with van der Waals surface area (Å²) >= 11 is 0. The minimum atomic E-state index is -2.70. The van der Waals surface area contributed by atoms with Crippen LogP contribution in [-0.2, 0) is 4.79 Å². The smallest absolute Gasteiger partial charge is 0.335 e. The highest BCUT2D eigenvalue weighted by atomic mass is 19.3. The fourth-order valence-electron chi connectivity index (χ4n) is 1.04. The van der Waals surface area contributed by atoms with E-state index in [2.05, 4.69) is 5.43 Å². The van der Waals surface area contributed by atoms with Gasteiger partial charge in [0.15, 0.2) is 0 Å². The van der Waals surface area contributed by atoms with E-state index in [9.17, 15) is 13.6 Å². The summed E-state index contributed by atoms with van der Waals surface area (Å²) in [7, 11) is 1.36. The van der Waals surface area contributed by atoms with Crippen molar-refractivity contribution in [2.45, 2.75) is 12.5 Å². The molecular formula is C6H8F2N2O2. The SMILES string of the molecule is CN1NC=C(C(=O)O)C1C(F)F. The molecule has 0 amide bonds. The molecule has 0 spiro atoms.